The molecule has 18 nitrogen and oxygen atoms in total. The van der Waals surface area contributed by atoms with E-state index in [0.717, 1.165) is 159 Å². The third-order valence-electron chi connectivity index (χ3n) is 9.95. The summed E-state index contributed by atoms with van der Waals surface area (Å²) < 4.78 is 32.5. The van der Waals surface area contributed by atoms with Crippen LogP contribution >= 0.6 is 0 Å². The number of hydrogen-bond donors (Lipinski definition) is 6. The van der Waals surface area contributed by atoms with Crippen LogP contribution in [0.15, 0.2) is 36.8 Å². The summed E-state index contributed by atoms with van der Waals surface area (Å²) in [7, 11) is 0. The number of nitrogen functional groups attached to an aromatic ring is 3. The molecule has 1 atom stereocenters. The van der Waals surface area contributed by atoms with Crippen LogP contribution in [0.3, 0.4) is 0 Å². The van der Waals surface area contributed by atoms with Crippen LogP contribution < -0.4 is 47.9 Å². The maximum atomic E-state index is 5.99. The number of ether oxygens (including phenoxy) is 6. The van der Waals surface area contributed by atoms with Crippen molar-refractivity contribution in [2.45, 2.75) is 45.8 Å². The third-order valence-corrected chi connectivity index (χ3v) is 9.95. The number of nitrogens with two attached hydrogens (primary N) is 3. The Bertz CT molecular complexity index is 1630. The van der Waals surface area contributed by atoms with Gasteiger partial charge in [-0.3, -0.25) is 0 Å². The van der Waals surface area contributed by atoms with Crippen molar-refractivity contribution >= 4 is 51.6 Å². The second-order valence-electron chi connectivity index (χ2n) is 14.7. The normalized spacial score (nSPS) is 18.1. The number of nitrogens with one attached hydrogen (secondary N) is 3. The predicted molar refractivity (Wildman–Crippen MR) is 237 cm³/mol. The number of nitrogens with zero attached hydrogens (tertiary/aromatic N) is 6. The summed E-state index contributed by atoms with van der Waals surface area (Å²) in [6.07, 6.45) is 7.95. The van der Waals surface area contributed by atoms with Crippen molar-refractivity contribution in [3.05, 3.63) is 36.8 Å². The van der Waals surface area contributed by atoms with Crippen LogP contribution in [0.1, 0.15) is 33.6 Å². The summed E-state index contributed by atoms with van der Waals surface area (Å²) in [5, 5.41) is 9.97. The van der Waals surface area contributed by atoms with Crippen molar-refractivity contribution in [1.82, 2.24) is 15.0 Å². The van der Waals surface area contributed by atoms with E-state index in [-0.39, 0.29) is 6.10 Å². The van der Waals surface area contributed by atoms with Crippen LogP contribution in [0, 0.1) is 0 Å². The Kier molecular flexibility index (Phi) is 19.4. The fourth-order valence-electron chi connectivity index (χ4n) is 6.63. The Labute approximate surface area is 349 Å². The second-order valence-corrected chi connectivity index (χ2v) is 14.7. The zero-order valence-corrected chi connectivity index (χ0v) is 35.3. The summed E-state index contributed by atoms with van der Waals surface area (Å²) in [4.78, 5) is 19.8. The lowest BCUT2D eigenvalue weighted by Gasteiger charge is -2.28. The second kappa shape index (κ2) is 25.1. The van der Waals surface area contributed by atoms with Gasteiger partial charge < -0.3 is 76.3 Å². The molecule has 1 unspecified atom stereocenters. The largest absolute Gasteiger partial charge is 0.396 e. The molecule has 7 heterocycles. The van der Waals surface area contributed by atoms with Gasteiger partial charge in [-0.25, -0.2) is 15.0 Å². The molecule has 0 amide bonds. The average molecular weight is 825 g/mol. The molecule has 3 aromatic heterocycles. The highest BCUT2D eigenvalue weighted by molar-refractivity contribution is 5.71. The highest BCUT2D eigenvalue weighted by Crippen LogP contribution is 2.26. The van der Waals surface area contributed by atoms with Gasteiger partial charge in [-0.15, -0.1) is 0 Å². The van der Waals surface area contributed by atoms with Gasteiger partial charge in [0.25, 0.3) is 0 Å². The standard InChI is InChI=1S/C14H22N4O2.C14H24N4O2.C13H22N4O2/c15-12-10-17-14(18-3-6-19-7-4-18)8-13(12)16-9-11-2-1-5-20-11;1-11(2)20-6-3-16-13-9-14(17-10-12(13)15)18-4-7-19-8-5-18;1-2-18-6-3-15-12-9-13(16-10-11(12)14)17-4-7-19-8-5-17/h8,10-11H,1-7,9,15H2,(H,16,17);9-11H,3-8,15H2,1-2H3,(H,16,17);9-10H,2-8,14H2,1H3,(H,15,16). The fraction of sp³-hybridized carbons (Fsp3) is 0.634. The van der Waals surface area contributed by atoms with E-state index >= 15 is 0 Å². The van der Waals surface area contributed by atoms with E-state index in [1.54, 1.807) is 18.6 Å². The lowest BCUT2D eigenvalue weighted by atomic mass is 10.2. The highest BCUT2D eigenvalue weighted by atomic mass is 16.5. The maximum absolute atomic E-state index is 5.99. The zero-order chi connectivity index (χ0) is 41.7. The number of hydrogen-bond acceptors (Lipinski definition) is 18. The predicted octanol–water partition coefficient (Wildman–Crippen LogP) is 3.38. The fourth-order valence-corrected chi connectivity index (χ4v) is 6.63. The van der Waals surface area contributed by atoms with Gasteiger partial charge in [0.05, 0.1) is 118 Å². The van der Waals surface area contributed by atoms with Gasteiger partial charge >= 0.3 is 0 Å². The molecule has 4 fully saturated rings. The molecule has 18 heteroatoms. The van der Waals surface area contributed by atoms with Crippen LogP contribution in [0.25, 0.3) is 0 Å². The number of pyridine rings is 3. The average Bonchev–Trinajstić information content (AvgIpc) is 3.80. The number of rotatable bonds is 16. The van der Waals surface area contributed by atoms with Gasteiger partial charge in [-0.2, -0.15) is 0 Å². The Balaban J connectivity index is 0.000000168. The van der Waals surface area contributed by atoms with Gasteiger partial charge in [-0.05, 0) is 33.6 Å². The molecule has 4 aliphatic heterocycles. The molecule has 0 bridgehead atoms. The highest BCUT2D eigenvalue weighted by Gasteiger charge is 2.18. The van der Waals surface area contributed by atoms with E-state index in [9.17, 15) is 0 Å². The minimum Gasteiger partial charge on any atom is -0.396 e. The number of anilines is 9. The number of aromatic nitrogens is 3. The minimum absolute atomic E-state index is 0.246. The smallest absolute Gasteiger partial charge is 0.130 e. The van der Waals surface area contributed by atoms with E-state index < -0.39 is 0 Å². The van der Waals surface area contributed by atoms with E-state index in [1.165, 1.54) is 0 Å². The van der Waals surface area contributed by atoms with Crippen molar-refractivity contribution in [2.75, 3.05) is 173 Å². The first-order valence-corrected chi connectivity index (χ1v) is 21.1. The Morgan fingerprint density at radius 1 is 0.644 bits per heavy atom. The van der Waals surface area contributed by atoms with E-state index in [4.69, 9.17) is 45.6 Å². The summed E-state index contributed by atoms with van der Waals surface area (Å²) >= 11 is 0. The molecular formula is C41H68N12O6. The van der Waals surface area contributed by atoms with E-state index in [1.807, 2.05) is 39.0 Å². The number of morpholine rings is 3. The molecule has 0 aromatic carbocycles. The first-order chi connectivity index (χ1) is 28.8. The molecule has 59 heavy (non-hydrogen) atoms. The summed E-state index contributed by atoms with van der Waals surface area (Å²) in [6, 6.07) is 6.01. The van der Waals surface area contributed by atoms with Crippen LogP contribution in [-0.4, -0.2) is 152 Å². The Morgan fingerprint density at radius 3 is 1.46 bits per heavy atom. The van der Waals surface area contributed by atoms with Crippen molar-refractivity contribution in [3.63, 3.8) is 0 Å². The molecule has 7 rings (SSSR count). The molecule has 3 aromatic rings. The summed E-state index contributed by atoms with van der Waals surface area (Å²) in [6.45, 7) is 21.0. The minimum atomic E-state index is 0.246. The van der Waals surface area contributed by atoms with Crippen molar-refractivity contribution < 1.29 is 28.4 Å². The van der Waals surface area contributed by atoms with Crippen LogP contribution in [0.2, 0.25) is 0 Å². The zero-order valence-electron chi connectivity index (χ0n) is 35.3. The molecule has 0 spiro atoms. The third kappa shape index (κ3) is 15.5. The van der Waals surface area contributed by atoms with Crippen LogP contribution in [0.5, 0.6) is 0 Å². The SMILES string of the molecule is CC(C)OCCNc1cc(N2CCOCC2)ncc1N.CCOCCNc1cc(N2CCOCC2)ncc1N.Nc1cnc(N2CCOCC2)cc1NCC1CCCO1. The summed E-state index contributed by atoms with van der Waals surface area (Å²) in [5.41, 5.74) is 22.6. The molecule has 0 saturated carbocycles. The van der Waals surface area contributed by atoms with Crippen LogP contribution in [0.4, 0.5) is 51.6 Å². The van der Waals surface area contributed by atoms with Crippen LogP contribution in [-0.2, 0) is 28.4 Å². The van der Waals surface area contributed by atoms with Gasteiger partial charge in [0.1, 0.15) is 17.5 Å². The maximum Gasteiger partial charge on any atom is 0.130 e. The van der Waals surface area contributed by atoms with Gasteiger partial charge in [-0.1, -0.05) is 0 Å². The molecule has 4 aliphatic rings. The van der Waals surface area contributed by atoms with Crippen molar-refractivity contribution in [3.8, 4) is 0 Å². The van der Waals surface area contributed by atoms with E-state index in [2.05, 4.69) is 45.6 Å². The van der Waals surface area contributed by atoms with Gasteiger partial charge in [0.2, 0.25) is 0 Å². The monoisotopic (exact) mass is 825 g/mol. The quantitative estimate of drug-likeness (QED) is 0.114. The molecule has 0 aliphatic carbocycles. The topological polar surface area (TPSA) is 218 Å². The summed E-state index contributed by atoms with van der Waals surface area (Å²) in [5.74, 6) is 2.84. The van der Waals surface area contributed by atoms with Gasteiger partial charge in [0.15, 0.2) is 0 Å². The first kappa shape index (κ1) is 45.5. The lowest BCUT2D eigenvalue weighted by Crippen LogP contribution is -2.36. The molecular weight excluding hydrogens is 757 g/mol. The van der Waals surface area contributed by atoms with Gasteiger partial charge in [0, 0.05) is 90.3 Å². The Morgan fingerprint density at radius 2 is 1.07 bits per heavy atom. The Hall–Kier alpha value is -4.59. The lowest BCUT2D eigenvalue weighted by molar-refractivity contribution is 0.0870. The van der Waals surface area contributed by atoms with Crippen molar-refractivity contribution in [1.29, 1.82) is 0 Å². The molecule has 0 radical (unpaired) electrons. The first-order valence-electron chi connectivity index (χ1n) is 21.1. The molecule has 4 saturated heterocycles. The molecule has 328 valence electrons. The van der Waals surface area contributed by atoms with E-state index in [0.29, 0.717) is 36.4 Å². The van der Waals surface area contributed by atoms with Crippen molar-refractivity contribution in [2.24, 2.45) is 0 Å². The molecule has 9 N–H and O–H groups in total.